The van der Waals surface area contributed by atoms with Crippen molar-refractivity contribution in [1.29, 1.82) is 0 Å². The van der Waals surface area contributed by atoms with Gasteiger partial charge in [0, 0.05) is 32.1 Å². The van der Waals surface area contributed by atoms with Gasteiger partial charge in [-0.2, -0.15) is 0 Å². The third kappa shape index (κ3) is 12.9. The minimum Gasteiger partial charge on any atom is -0.394 e. The number of rotatable bonds is 17. The van der Waals surface area contributed by atoms with Crippen molar-refractivity contribution in [1.82, 2.24) is 0 Å². The number of hydrogen-bond donors (Lipinski definition) is 12. The number of ether oxygens (including phenoxy) is 13. The van der Waals surface area contributed by atoms with Gasteiger partial charge < -0.3 is 123 Å². The first-order valence-corrected chi connectivity index (χ1v) is 22.6. The van der Waals surface area contributed by atoms with Crippen molar-refractivity contribution < 1.29 is 123 Å². The van der Waals surface area contributed by atoms with Gasteiger partial charge in [0.2, 0.25) is 0 Å². The molecule has 7 heterocycles. The molecule has 0 radical (unpaired) electrons. The zero-order chi connectivity index (χ0) is 46.4. The standard InChI is InChI=1S/C40H68O25/c41-10-17-9-18(46)33(48)40(55-17)64-22-4-8-31(61-26(22)14-45)58-19-2-6-30(59-24(19)12-43)57-20-3-7-32(60-25(20)13-44)62-27-15-53-39(36(51)34(27)49)65-28-16-54-38(37(52)35(28)50)63-21-1-5-29(47)56-23(21)11-42/h17-52H,1-16H2. The number of hydrogen-bond acceptors (Lipinski definition) is 25. The molecule has 7 fully saturated rings. The van der Waals surface area contributed by atoms with Crippen molar-refractivity contribution in [2.45, 2.75) is 206 Å². The Morgan fingerprint density at radius 2 is 0.738 bits per heavy atom. The Labute approximate surface area is 374 Å². The number of aliphatic hydroxyl groups is 12. The predicted octanol–water partition coefficient (Wildman–Crippen LogP) is -5.74. The van der Waals surface area contributed by atoms with Crippen molar-refractivity contribution in [2.24, 2.45) is 0 Å². The molecule has 378 valence electrons. The predicted molar refractivity (Wildman–Crippen MR) is 207 cm³/mol. The van der Waals surface area contributed by atoms with Gasteiger partial charge in [-0.3, -0.25) is 0 Å². The van der Waals surface area contributed by atoms with Gasteiger partial charge in [0.05, 0.1) is 82.9 Å². The molecule has 0 spiro atoms. The first kappa shape index (κ1) is 51.8. The summed E-state index contributed by atoms with van der Waals surface area (Å²) in [5, 5.41) is 123. The molecule has 0 saturated carbocycles. The van der Waals surface area contributed by atoms with E-state index < -0.39 is 174 Å². The molecule has 12 N–H and O–H groups in total. The zero-order valence-electron chi connectivity index (χ0n) is 35.8. The fourth-order valence-corrected chi connectivity index (χ4v) is 9.19. The van der Waals surface area contributed by atoms with Crippen LogP contribution in [0.2, 0.25) is 0 Å². The van der Waals surface area contributed by atoms with E-state index in [2.05, 4.69) is 0 Å². The van der Waals surface area contributed by atoms with Crippen LogP contribution < -0.4 is 0 Å². The Hall–Kier alpha value is -1.00. The fraction of sp³-hybridized carbons (Fsp3) is 1.00. The van der Waals surface area contributed by atoms with Crippen LogP contribution in [-0.4, -0.2) is 255 Å². The average Bonchev–Trinajstić information content (AvgIpc) is 3.31. The molecule has 25 heteroatoms. The molecule has 0 amide bonds. The van der Waals surface area contributed by atoms with Gasteiger partial charge in [-0.05, 0) is 25.7 Å². The van der Waals surface area contributed by atoms with Crippen molar-refractivity contribution in [2.75, 3.05) is 46.2 Å². The van der Waals surface area contributed by atoms with Crippen LogP contribution in [0.15, 0.2) is 0 Å². The lowest BCUT2D eigenvalue weighted by Gasteiger charge is -2.45. The Morgan fingerprint density at radius 3 is 1.20 bits per heavy atom. The Kier molecular flexibility index (Phi) is 19.3. The second-order valence-electron chi connectivity index (χ2n) is 17.5. The Morgan fingerprint density at radius 1 is 0.354 bits per heavy atom. The van der Waals surface area contributed by atoms with Gasteiger partial charge in [-0.15, -0.1) is 0 Å². The molecule has 0 aliphatic carbocycles. The second-order valence-corrected chi connectivity index (χ2v) is 17.5. The molecular formula is C40H68O25. The van der Waals surface area contributed by atoms with Crippen LogP contribution in [0.4, 0.5) is 0 Å². The van der Waals surface area contributed by atoms with Crippen LogP contribution in [0.1, 0.15) is 57.8 Å². The minimum atomic E-state index is -1.66. The molecule has 7 aliphatic rings. The highest BCUT2D eigenvalue weighted by molar-refractivity contribution is 4.91. The summed E-state index contributed by atoms with van der Waals surface area (Å²) in [7, 11) is 0. The van der Waals surface area contributed by atoms with E-state index in [-0.39, 0.29) is 39.1 Å². The average molecular weight is 949 g/mol. The maximum atomic E-state index is 11.0. The van der Waals surface area contributed by atoms with Crippen molar-refractivity contribution >= 4 is 0 Å². The lowest BCUT2D eigenvalue weighted by atomic mass is 10.0. The zero-order valence-corrected chi connectivity index (χ0v) is 35.8. The molecule has 25 nitrogen and oxygen atoms in total. The van der Waals surface area contributed by atoms with Crippen molar-refractivity contribution in [3.63, 3.8) is 0 Å². The summed E-state index contributed by atoms with van der Waals surface area (Å²) in [4.78, 5) is 0. The summed E-state index contributed by atoms with van der Waals surface area (Å²) in [6.07, 6.45) is -23.0. The highest BCUT2D eigenvalue weighted by atomic mass is 16.8. The summed E-state index contributed by atoms with van der Waals surface area (Å²) in [6, 6.07) is 0. The highest BCUT2D eigenvalue weighted by Crippen LogP contribution is 2.35. The van der Waals surface area contributed by atoms with E-state index in [1.54, 1.807) is 0 Å². The lowest BCUT2D eigenvalue weighted by Crippen LogP contribution is -2.61. The highest BCUT2D eigenvalue weighted by Gasteiger charge is 2.49. The monoisotopic (exact) mass is 948 g/mol. The third-order valence-electron chi connectivity index (χ3n) is 12.9. The molecule has 24 atom stereocenters. The number of aliphatic hydroxyl groups excluding tert-OH is 12. The first-order valence-electron chi connectivity index (χ1n) is 22.6. The van der Waals surface area contributed by atoms with Gasteiger partial charge in [0.25, 0.3) is 0 Å². The molecular weight excluding hydrogens is 880 g/mol. The smallest absolute Gasteiger partial charge is 0.186 e. The first-order chi connectivity index (χ1) is 31.3. The normalized spacial score (nSPS) is 49.1. The summed E-state index contributed by atoms with van der Waals surface area (Å²) in [5.41, 5.74) is 0. The van der Waals surface area contributed by atoms with Crippen LogP contribution >= 0.6 is 0 Å². The summed E-state index contributed by atoms with van der Waals surface area (Å²) in [6.45, 7) is -2.69. The maximum Gasteiger partial charge on any atom is 0.186 e. The van der Waals surface area contributed by atoms with Gasteiger partial charge in [-0.1, -0.05) is 0 Å². The van der Waals surface area contributed by atoms with E-state index in [1.807, 2.05) is 0 Å². The Balaban J connectivity index is 0.819. The molecule has 0 aromatic carbocycles. The van der Waals surface area contributed by atoms with Crippen LogP contribution in [0.25, 0.3) is 0 Å². The van der Waals surface area contributed by atoms with Crippen LogP contribution in [0.3, 0.4) is 0 Å². The topological polar surface area (TPSA) is 363 Å². The van der Waals surface area contributed by atoms with E-state index in [0.29, 0.717) is 38.5 Å². The molecule has 0 aromatic heterocycles. The van der Waals surface area contributed by atoms with Crippen LogP contribution in [0, 0.1) is 0 Å². The van der Waals surface area contributed by atoms with Crippen LogP contribution in [0.5, 0.6) is 0 Å². The van der Waals surface area contributed by atoms with Crippen LogP contribution in [-0.2, 0) is 61.6 Å². The van der Waals surface area contributed by atoms with E-state index >= 15 is 0 Å². The maximum absolute atomic E-state index is 11.0. The quantitative estimate of drug-likeness (QED) is 0.0646. The minimum absolute atomic E-state index is 0.0427. The molecule has 7 aliphatic heterocycles. The molecule has 0 bridgehead atoms. The fourth-order valence-electron chi connectivity index (χ4n) is 9.19. The summed E-state index contributed by atoms with van der Waals surface area (Å²) >= 11 is 0. The second kappa shape index (κ2) is 24.2. The van der Waals surface area contributed by atoms with Gasteiger partial charge in [0.15, 0.2) is 44.0 Å². The molecule has 0 aromatic rings. The SMILES string of the molecule is OCC1CC(O)C(O)C(OC2CCC(OC3CCC(OC4CCC(OC5COC(OC6COC(OC7CCC(O)OC7CO)C(O)C6O)C(O)C5O)OC4CO)OC3CO)OC2CO)O1. The van der Waals surface area contributed by atoms with Crippen molar-refractivity contribution in [3.05, 3.63) is 0 Å². The largest absolute Gasteiger partial charge is 0.394 e. The van der Waals surface area contributed by atoms with E-state index in [1.165, 1.54) is 0 Å². The van der Waals surface area contributed by atoms with Crippen molar-refractivity contribution in [3.8, 4) is 0 Å². The van der Waals surface area contributed by atoms with Gasteiger partial charge in [-0.25, -0.2) is 0 Å². The summed E-state index contributed by atoms with van der Waals surface area (Å²) in [5.74, 6) is 0. The van der Waals surface area contributed by atoms with E-state index in [9.17, 15) is 61.3 Å². The third-order valence-corrected chi connectivity index (χ3v) is 12.9. The Bertz CT molecular complexity index is 1410. The molecule has 7 rings (SSSR count). The lowest BCUT2D eigenvalue weighted by molar-refractivity contribution is -0.352. The van der Waals surface area contributed by atoms with Gasteiger partial charge >= 0.3 is 0 Å². The summed E-state index contributed by atoms with van der Waals surface area (Å²) < 4.78 is 75.8. The van der Waals surface area contributed by atoms with Gasteiger partial charge in [0.1, 0.15) is 67.1 Å². The molecule has 65 heavy (non-hydrogen) atoms. The van der Waals surface area contributed by atoms with E-state index in [0.717, 1.165) is 0 Å². The molecule has 7 saturated heterocycles. The van der Waals surface area contributed by atoms with E-state index in [4.69, 9.17) is 61.6 Å². The molecule has 24 unspecified atom stereocenters.